The second-order valence-corrected chi connectivity index (χ2v) is 4.58. The van der Waals surface area contributed by atoms with E-state index in [1.54, 1.807) is 0 Å². The van der Waals surface area contributed by atoms with Crippen LogP contribution in [0.4, 0.5) is 0 Å². The highest BCUT2D eigenvalue weighted by atomic mass is 15.2. The van der Waals surface area contributed by atoms with E-state index in [4.69, 9.17) is 0 Å². The van der Waals surface area contributed by atoms with Gasteiger partial charge in [-0.25, -0.2) is 0 Å². The summed E-state index contributed by atoms with van der Waals surface area (Å²) in [5.41, 5.74) is 1.38. The molecule has 1 aliphatic rings. The number of rotatable bonds is 2. The molecule has 2 aromatic rings. The molecule has 1 aromatic heterocycles. The Morgan fingerprint density at radius 2 is 2.00 bits per heavy atom. The Kier molecular flexibility index (Phi) is 3.03. The number of nitrogens with zero attached hydrogens (tertiary/aromatic N) is 2. The molecule has 0 saturated carbocycles. The SMILES string of the molecule is c1cc2ccc(CN3CCNCC3)cc2cn1. The van der Waals surface area contributed by atoms with Crippen LogP contribution in [-0.2, 0) is 6.54 Å². The van der Waals surface area contributed by atoms with Gasteiger partial charge in [-0.1, -0.05) is 12.1 Å². The molecule has 1 N–H and O–H groups in total. The normalized spacial score (nSPS) is 17.4. The molecule has 0 amide bonds. The van der Waals surface area contributed by atoms with Crippen LogP contribution in [0.3, 0.4) is 0 Å². The number of fused-ring (bicyclic) bond motifs is 1. The van der Waals surface area contributed by atoms with Crippen LogP contribution in [-0.4, -0.2) is 36.1 Å². The van der Waals surface area contributed by atoms with Gasteiger partial charge in [0.2, 0.25) is 0 Å². The summed E-state index contributed by atoms with van der Waals surface area (Å²) in [6, 6.07) is 8.73. The van der Waals surface area contributed by atoms with Crippen LogP contribution in [0.2, 0.25) is 0 Å². The van der Waals surface area contributed by atoms with Crippen LogP contribution in [0.5, 0.6) is 0 Å². The van der Waals surface area contributed by atoms with Crippen molar-refractivity contribution in [3.05, 3.63) is 42.2 Å². The summed E-state index contributed by atoms with van der Waals surface area (Å²) in [7, 11) is 0. The fraction of sp³-hybridized carbons (Fsp3) is 0.357. The number of hydrogen-bond donors (Lipinski definition) is 1. The molecule has 0 bridgehead atoms. The Morgan fingerprint density at radius 3 is 2.88 bits per heavy atom. The molecule has 0 radical (unpaired) electrons. The lowest BCUT2D eigenvalue weighted by atomic mass is 10.1. The van der Waals surface area contributed by atoms with E-state index < -0.39 is 0 Å². The van der Waals surface area contributed by atoms with Crippen LogP contribution in [0.1, 0.15) is 5.56 Å². The van der Waals surface area contributed by atoms with Gasteiger partial charge in [0, 0.05) is 50.5 Å². The molecular formula is C14H17N3. The van der Waals surface area contributed by atoms with Gasteiger partial charge in [0.1, 0.15) is 0 Å². The molecule has 17 heavy (non-hydrogen) atoms. The van der Waals surface area contributed by atoms with Gasteiger partial charge < -0.3 is 5.32 Å². The monoisotopic (exact) mass is 227 g/mol. The van der Waals surface area contributed by atoms with Gasteiger partial charge >= 0.3 is 0 Å². The van der Waals surface area contributed by atoms with Gasteiger partial charge in [0.15, 0.2) is 0 Å². The first-order valence-electron chi connectivity index (χ1n) is 6.17. The Balaban J connectivity index is 1.80. The van der Waals surface area contributed by atoms with E-state index in [9.17, 15) is 0 Å². The Morgan fingerprint density at radius 1 is 1.12 bits per heavy atom. The highest BCUT2D eigenvalue weighted by Crippen LogP contribution is 2.15. The molecule has 1 aromatic carbocycles. The summed E-state index contributed by atoms with van der Waals surface area (Å²) in [5, 5.41) is 5.88. The van der Waals surface area contributed by atoms with Crippen molar-refractivity contribution in [2.24, 2.45) is 0 Å². The standard InChI is InChI=1S/C14H17N3/c1-2-13-3-4-16-10-14(13)9-12(1)11-17-7-5-15-6-8-17/h1-4,9-10,15H,5-8,11H2. The molecule has 0 unspecified atom stereocenters. The number of piperazine rings is 1. The van der Waals surface area contributed by atoms with Gasteiger partial charge in [-0.3, -0.25) is 9.88 Å². The molecule has 0 atom stereocenters. The van der Waals surface area contributed by atoms with Crippen molar-refractivity contribution >= 4 is 10.8 Å². The van der Waals surface area contributed by atoms with Crippen molar-refractivity contribution in [3.63, 3.8) is 0 Å². The largest absolute Gasteiger partial charge is 0.314 e. The topological polar surface area (TPSA) is 28.2 Å². The number of hydrogen-bond acceptors (Lipinski definition) is 3. The van der Waals surface area contributed by atoms with Crippen molar-refractivity contribution in [1.82, 2.24) is 15.2 Å². The predicted octanol–water partition coefficient (Wildman–Crippen LogP) is 1.64. The van der Waals surface area contributed by atoms with Crippen LogP contribution < -0.4 is 5.32 Å². The fourth-order valence-corrected chi connectivity index (χ4v) is 2.36. The maximum absolute atomic E-state index is 4.18. The van der Waals surface area contributed by atoms with Crippen molar-refractivity contribution in [3.8, 4) is 0 Å². The zero-order chi connectivity index (χ0) is 11.5. The van der Waals surface area contributed by atoms with Crippen LogP contribution in [0, 0.1) is 0 Å². The smallest absolute Gasteiger partial charge is 0.0346 e. The molecule has 0 spiro atoms. The predicted molar refractivity (Wildman–Crippen MR) is 69.9 cm³/mol. The second kappa shape index (κ2) is 4.82. The zero-order valence-electron chi connectivity index (χ0n) is 9.89. The molecule has 1 aliphatic heterocycles. The van der Waals surface area contributed by atoms with Crippen molar-refractivity contribution in [1.29, 1.82) is 0 Å². The Hall–Kier alpha value is -1.45. The van der Waals surface area contributed by atoms with E-state index in [2.05, 4.69) is 39.5 Å². The van der Waals surface area contributed by atoms with Gasteiger partial charge in [-0.2, -0.15) is 0 Å². The highest BCUT2D eigenvalue weighted by Gasteiger charge is 2.09. The molecular weight excluding hydrogens is 210 g/mol. The summed E-state index contributed by atoms with van der Waals surface area (Å²) in [6.45, 7) is 5.55. The Labute approximate surface area is 101 Å². The van der Waals surface area contributed by atoms with E-state index in [1.165, 1.54) is 16.3 Å². The maximum atomic E-state index is 4.18. The average molecular weight is 227 g/mol. The first-order valence-corrected chi connectivity index (χ1v) is 6.17. The van der Waals surface area contributed by atoms with E-state index in [1.807, 2.05) is 12.4 Å². The minimum atomic E-state index is 1.05. The molecule has 1 saturated heterocycles. The molecule has 2 heterocycles. The quantitative estimate of drug-likeness (QED) is 0.845. The third-order valence-electron chi connectivity index (χ3n) is 3.32. The van der Waals surface area contributed by atoms with E-state index in [0.717, 1.165) is 32.7 Å². The lowest BCUT2D eigenvalue weighted by molar-refractivity contribution is 0.233. The highest BCUT2D eigenvalue weighted by molar-refractivity contribution is 5.81. The van der Waals surface area contributed by atoms with E-state index >= 15 is 0 Å². The zero-order valence-corrected chi connectivity index (χ0v) is 9.89. The number of aromatic nitrogens is 1. The summed E-state index contributed by atoms with van der Waals surface area (Å²) in [6.07, 6.45) is 3.79. The van der Waals surface area contributed by atoms with E-state index in [-0.39, 0.29) is 0 Å². The third-order valence-corrected chi connectivity index (χ3v) is 3.32. The number of nitrogens with one attached hydrogen (secondary N) is 1. The lowest BCUT2D eigenvalue weighted by Gasteiger charge is -2.27. The summed E-state index contributed by atoms with van der Waals surface area (Å²) in [5.74, 6) is 0. The van der Waals surface area contributed by atoms with Gasteiger partial charge in [-0.15, -0.1) is 0 Å². The van der Waals surface area contributed by atoms with Crippen LogP contribution in [0.15, 0.2) is 36.7 Å². The lowest BCUT2D eigenvalue weighted by Crippen LogP contribution is -2.42. The third kappa shape index (κ3) is 2.46. The molecule has 3 nitrogen and oxygen atoms in total. The van der Waals surface area contributed by atoms with Crippen molar-refractivity contribution in [2.75, 3.05) is 26.2 Å². The first kappa shape index (κ1) is 10.7. The van der Waals surface area contributed by atoms with E-state index in [0.29, 0.717) is 0 Å². The van der Waals surface area contributed by atoms with Gasteiger partial charge in [-0.05, 0) is 23.1 Å². The first-order chi connectivity index (χ1) is 8.42. The second-order valence-electron chi connectivity index (χ2n) is 4.58. The van der Waals surface area contributed by atoms with Gasteiger partial charge in [0.05, 0.1) is 0 Å². The summed E-state index contributed by atoms with van der Waals surface area (Å²) < 4.78 is 0. The average Bonchev–Trinajstić information content (AvgIpc) is 2.40. The Bertz CT molecular complexity index is 504. The maximum Gasteiger partial charge on any atom is 0.0346 e. The minimum Gasteiger partial charge on any atom is -0.314 e. The molecule has 3 heteroatoms. The summed E-state index contributed by atoms with van der Waals surface area (Å²) in [4.78, 5) is 6.67. The van der Waals surface area contributed by atoms with Crippen molar-refractivity contribution < 1.29 is 0 Å². The number of pyridine rings is 1. The fourth-order valence-electron chi connectivity index (χ4n) is 2.36. The number of benzene rings is 1. The summed E-state index contributed by atoms with van der Waals surface area (Å²) >= 11 is 0. The molecule has 1 fully saturated rings. The molecule has 3 rings (SSSR count). The van der Waals surface area contributed by atoms with Crippen LogP contribution >= 0.6 is 0 Å². The van der Waals surface area contributed by atoms with Crippen LogP contribution in [0.25, 0.3) is 10.8 Å². The molecule has 0 aliphatic carbocycles. The minimum absolute atomic E-state index is 1.05. The van der Waals surface area contributed by atoms with Crippen molar-refractivity contribution in [2.45, 2.75) is 6.54 Å². The van der Waals surface area contributed by atoms with Gasteiger partial charge in [0.25, 0.3) is 0 Å². The molecule has 88 valence electrons.